The van der Waals surface area contributed by atoms with E-state index in [-0.39, 0.29) is 4.90 Å². The lowest BCUT2D eigenvalue weighted by molar-refractivity contribution is 0.560. The summed E-state index contributed by atoms with van der Waals surface area (Å²) in [5.41, 5.74) is 0.727. The van der Waals surface area contributed by atoms with Crippen LogP contribution < -0.4 is 10.3 Å². The molecule has 4 aromatic rings. The largest absolute Gasteiger partial charge is 0.423 e. The van der Waals surface area contributed by atoms with Gasteiger partial charge in [0.2, 0.25) is 0 Å². The molecule has 1 N–H and O–H groups in total. The van der Waals surface area contributed by atoms with Gasteiger partial charge in [-0.3, -0.25) is 4.72 Å². The van der Waals surface area contributed by atoms with Gasteiger partial charge in [-0.05, 0) is 36.4 Å². The van der Waals surface area contributed by atoms with Crippen LogP contribution in [0.2, 0.25) is 0 Å². The SMILES string of the molecule is O=c1ccc2cc(S(=O)(=O)Nc3ccccc3-n3cncn3)ccc2o1. The summed E-state index contributed by atoms with van der Waals surface area (Å²) in [7, 11) is -3.86. The topological polar surface area (TPSA) is 107 Å². The summed E-state index contributed by atoms with van der Waals surface area (Å²) in [6.07, 6.45) is 2.84. The molecule has 2 aromatic carbocycles. The van der Waals surface area contributed by atoms with Crippen molar-refractivity contribution in [1.29, 1.82) is 0 Å². The van der Waals surface area contributed by atoms with Gasteiger partial charge in [-0.15, -0.1) is 0 Å². The van der Waals surface area contributed by atoms with Crippen molar-refractivity contribution in [2.75, 3.05) is 4.72 Å². The first kappa shape index (κ1) is 16.0. The van der Waals surface area contributed by atoms with Crippen LogP contribution in [0.4, 0.5) is 5.69 Å². The molecule has 0 amide bonds. The number of aromatic nitrogens is 3. The van der Waals surface area contributed by atoms with Crippen LogP contribution in [0.5, 0.6) is 0 Å². The molecule has 0 aliphatic heterocycles. The molecule has 2 aromatic heterocycles. The normalized spacial score (nSPS) is 11.5. The first-order valence-corrected chi connectivity index (χ1v) is 9.02. The Bertz CT molecular complexity index is 1250. The zero-order valence-electron chi connectivity index (χ0n) is 13.2. The van der Waals surface area contributed by atoms with E-state index in [2.05, 4.69) is 14.8 Å². The molecule has 2 heterocycles. The van der Waals surface area contributed by atoms with Crippen molar-refractivity contribution in [3.63, 3.8) is 0 Å². The van der Waals surface area contributed by atoms with Crippen molar-refractivity contribution >= 4 is 26.7 Å². The Kier molecular flexibility index (Phi) is 3.77. The van der Waals surface area contributed by atoms with Gasteiger partial charge in [-0.2, -0.15) is 5.10 Å². The summed E-state index contributed by atoms with van der Waals surface area (Å²) in [6.45, 7) is 0. The molecule has 4 rings (SSSR count). The third-order valence-electron chi connectivity index (χ3n) is 3.72. The lowest BCUT2D eigenvalue weighted by atomic mass is 10.2. The third kappa shape index (κ3) is 2.95. The average Bonchev–Trinajstić information content (AvgIpc) is 3.16. The van der Waals surface area contributed by atoms with Crippen LogP contribution >= 0.6 is 0 Å². The molecule has 0 unspecified atom stereocenters. The van der Waals surface area contributed by atoms with Gasteiger partial charge in [0.05, 0.1) is 16.3 Å². The summed E-state index contributed by atoms with van der Waals surface area (Å²) < 4.78 is 34.6. The highest BCUT2D eigenvalue weighted by Crippen LogP contribution is 2.24. The minimum Gasteiger partial charge on any atom is -0.423 e. The quantitative estimate of drug-likeness (QED) is 0.553. The standard InChI is InChI=1S/C17H12N4O4S/c22-17-8-5-12-9-13(6-7-16(12)25-17)26(23,24)20-14-3-1-2-4-15(14)21-11-18-10-19-21/h1-11,20H. The molecule has 0 saturated heterocycles. The highest BCUT2D eigenvalue weighted by Gasteiger charge is 2.17. The number of hydrogen-bond acceptors (Lipinski definition) is 6. The van der Waals surface area contributed by atoms with Gasteiger partial charge in [-0.1, -0.05) is 12.1 Å². The van der Waals surface area contributed by atoms with E-state index in [1.54, 1.807) is 24.3 Å². The second kappa shape index (κ2) is 6.12. The van der Waals surface area contributed by atoms with Crippen molar-refractivity contribution in [2.24, 2.45) is 0 Å². The molecular weight excluding hydrogens is 356 g/mol. The number of nitrogens with one attached hydrogen (secondary N) is 1. The van der Waals surface area contributed by atoms with Crippen LogP contribution in [0.1, 0.15) is 0 Å². The van der Waals surface area contributed by atoms with Gasteiger partial charge in [-0.25, -0.2) is 22.9 Å². The summed E-state index contributed by atoms with van der Waals surface area (Å²) >= 11 is 0. The average molecular weight is 368 g/mol. The van der Waals surface area contributed by atoms with E-state index in [1.165, 1.54) is 47.7 Å². The van der Waals surface area contributed by atoms with Gasteiger partial charge in [0.1, 0.15) is 18.2 Å². The molecule has 0 aliphatic carbocycles. The molecule has 0 radical (unpaired) electrons. The molecule has 0 aliphatic rings. The van der Waals surface area contributed by atoms with Gasteiger partial charge in [0.15, 0.2) is 0 Å². The Morgan fingerprint density at radius 1 is 1.04 bits per heavy atom. The highest BCUT2D eigenvalue weighted by molar-refractivity contribution is 7.92. The van der Waals surface area contributed by atoms with Crippen LogP contribution in [0, 0.1) is 0 Å². The molecule has 9 heteroatoms. The number of anilines is 1. The maximum Gasteiger partial charge on any atom is 0.336 e. The second-order valence-corrected chi connectivity index (χ2v) is 7.10. The van der Waals surface area contributed by atoms with Gasteiger partial charge < -0.3 is 4.42 Å². The molecule has 26 heavy (non-hydrogen) atoms. The predicted octanol–water partition coefficient (Wildman–Crippen LogP) is 2.17. The number of sulfonamides is 1. The van der Waals surface area contributed by atoms with Crippen molar-refractivity contribution < 1.29 is 12.8 Å². The maximum atomic E-state index is 12.8. The van der Waals surface area contributed by atoms with Gasteiger partial charge >= 0.3 is 5.63 Å². The lowest BCUT2D eigenvalue weighted by Gasteiger charge is -2.12. The van der Waals surface area contributed by atoms with E-state index in [9.17, 15) is 13.2 Å². The van der Waals surface area contributed by atoms with Crippen molar-refractivity contribution in [2.45, 2.75) is 4.90 Å². The first-order chi connectivity index (χ1) is 12.5. The molecule has 8 nitrogen and oxygen atoms in total. The zero-order valence-corrected chi connectivity index (χ0v) is 14.1. The molecule has 0 fully saturated rings. The Morgan fingerprint density at radius 2 is 1.88 bits per heavy atom. The maximum absolute atomic E-state index is 12.8. The van der Waals surface area contributed by atoms with Crippen molar-refractivity contribution in [3.8, 4) is 5.69 Å². The predicted molar refractivity (Wildman–Crippen MR) is 94.7 cm³/mol. The summed E-state index contributed by atoms with van der Waals surface area (Å²) in [4.78, 5) is 15.2. The number of rotatable bonds is 4. The molecule has 0 spiro atoms. The molecule has 0 saturated carbocycles. The molecule has 0 bridgehead atoms. The van der Waals surface area contributed by atoms with Crippen LogP contribution in [0.25, 0.3) is 16.7 Å². The molecule has 0 atom stereocenters. The van der Waals surface area contributed by atoms with E-state index >= 15 is 0 Å². The monoisotopic (exact) mass is 368 g/mol. The fourth-order valence-electron chi connectivity index (χ4n) is 2.51. The lowest BCUT2D eigenvalue weighted by Crippen LogP contribution is -2.15. The summed E-state index contributed by atoms with van der Waals surface area (Å²) in [5.74, 6) is 0. The third-order valence-corrected chi connectivity index (χ3v) is 5.08. The van der Waals surface area contributed by atoms with Crippen LogP contribution in [0.3, 0.4) is 0 Å². The summed E-state index contributed by atoms with van der Waals surface area (Å²) in [5, 5.41) is 4.54. The van der Waals surface area contributed by atoms with Gasteiger partial charge in [0, 0.05) is 11.5 Å². The Hall–Kier alpha value is -3.46. The minimum absolute atomic E-state index is 0.0484. The number of para-hydroxylation sites is 2. The van der Waals surface area contributed by atoms with E-state index < -0.39 is 15.6 Å². The number of fused-ring (bicyclic) bond motifs is 1. The molecule has 130 valence electrons. The van der Waals surface area contributed by atoms with E-state index in [0.29, 0.717) is 22.3 Å². The second-order valence-electron chi connectivity index (χ2n) is 5.42. The number of benzene rings is 2. The fourth-order valence-corrected chi connectivity index (χ4v) is 3.62. The van der Waals surface area contributed by atoms with Gasteiger partial charge in [0.25, 0.3) is 10.0 Å². The van der Waals surface area contributed by atoms with E-state index in [1.807, 2.05) is 0 Å². The van der Waals surface area contributed by atoms with Crippen LogP contribution in [-0.4, -0.2) is 23.2 Å². The smallest absolute Gasteiger partial charge is 0.336 e. The fraction of sp³-hybridized carbons (Fsp3) is 0. The van der Waals surface area contributed by atoms with E-state index in [4.69, 9.17) is 4.42 Å². The van der Waals surface area contributed by atoms with Crippen LogP contribution in [0.15, 0.2) is 81.4 Å². The first-order valence-electron chi connectivity index (χ1n) is 7.54. The van der Waals surface area contributed by atoms with Crippen molar-refractivity contribution in [3.05, 3.63) is 77.7 Å². The van der Waals surface area contributed by atoms with Crippen LogP contribution in [-0.2, 0) is 10.0 Å². The number of hydrogen-bond donors (Lipinski definition) is 1. The number of nitrogens with zero attached hydrogens (tertiary/aromatic N) is 3. The zero-order chi connectivity index (χ0) is 18.1. The Morgan fingerprint density at radius 3 is 2.69 bits per heavy atom. The highest BCUT2D eigenvalue weighted by atomic mass is 32.2. The summed E-state index contributed by atoms with van der Waals surface area (Å²) in [6, 6.07) is 13.9. The Labute approximate surface area is 147 Å². The van der Waals surface area contributed by atoms with E-state index in [0.717, 1.165) is 0 Å². The van der Waals surface area contributed by atoms with Crippen molar-refractivity contribution in [1.82, 2.24) is 14.8 Å². The molecular formula is C17H12N4O4S. The Balaban J connectivity index is 1.75. The minimum atomic E-state index is -3.86.